The number of carboxylic acids is 1. The Bertz CT molecular complexity index is 1440. The van der Waals surface area contributed by atoms with Crippen molar-refractivity contribution in [2.45, 2.75) is 26.1 Å². The number of anilines is 1. The van der Waals surface area contributed by atoms with Crippen LogP contribution in [0.5, 0.6) is 17.5 Å². The highest BCUT2D eigenvalue weighted by Crippen LogP contribution is 2.41. The van der Waals surface area contributed by atoms with Crippen molar-refractivity contribution >= 4 is 11.7 Å². The molecule has 1 saturated heterocycles. The highest BCUT2D eigenvalue weighted by molar-refractivity contribution is 5.78. The van der Waals surface area contributed by atoms with Crippen LogP contribution < -0.4 is 19.1 Å². The first-order valence-electron chi connectivity index (χ1n) is 13.2. The van der Waals surface area contributed by atoms with Gasteiger partial charge < -0.3 is 24.2 Å². The molecule has 1 aliphatic rings. The lowest BCUT2D eigenvalue weighted by molar-refractivity contribution is -0.142. The van der Waals surface area contributed by atoms with Crippen molar-refractivity contribution in [3.63, 3.8) is 0 Å². The Labute approximate surface area is 232 Å². The van der Waals surface area contributed by atoms with Gasteiger partial charge in [0.2, 0.25) is 11.8 Å². The lowest BCUT2D eigenvalue weighted by Gasteiger charge is -2.32. The van der Waals surface area contributed by atoms with E-state index in [1.165, 1.54) is 13.2 Å². The second-order valence-corrected chi connectivity index (χ2v) is 9.66. The minimum absolute atomic E-state index is 0.224. The summed E-state index contributed by atoms with van der Waals surface area (Å²) in [5, 5.41) is 9.31. The van der Waals surface area contributed by atoms with Crippen LogP contribution >= 0.6 is 0 Å². The molecule has 0 bridgehead atoms. The van der Waals surface area contributed by atoms with Crippen LogP contribution in [-0.4, -0.2) is 36.3 Å². The van der Waals surface area contributed by atoms with Gasteiger partial charge in [-0.25, -0.2) is 4.39 Å². The van der Waals surface area contributed by atoms with Crippen molar-refractivity contribution in [2.75, 3.05) is 25.1 Å². The van der Waals surface area contributed by atoms with Crippen LogP contribution in [0.4, 0.5) is 10.1 Å². The molecule has 0 saturated carbocycles. The van der Waals surface area contributed by atoms with Crippen molar-refractivity contribution in [1.82, 2.24) is 4.98 Å². The van der Waals surface area contributed by atoms with Crippen LogP contribution in [-0.2, 0) is 18.0 Å². The van der Waals surface area contributed by atoms with E-state index in [0.717, 1.165) is 11.1 Å². The van der Waals surface area contributed by atoms with Gasteiger partial charge in [-0.3, -0.25) is 4.79 Å². The van der Waals surface area contributed by atoms with E-state index in [1.54, 1.807) is 18.2 Å². The van der Waals surface area contributed by atoms with Gasteiger partial charge in [0, 0.05) is 30.9 Å². The number of benzene rings is 3. The van der Waals surface area contributed by atoms with Crippen LogP contribution in [0.25, 0.3) is 11.1 Å². The summed E-state index contributed by atoms with van der Waals surface area (Å²) in [5.74, 6) is -0.737. The van der Waals surface area contributed by atoms with Crippen molar-refractivity contribution < 1.29 is 28.5 Å². The summed E-state index contributed by atoms with van der Waals surface area (Å²) in [5.41, 5.74) is 3.25. The first-order chi connectivity index (χ1) is 19.5. The monoisotopic (exact) mass is 542 g/mol. The molecule has 0 unspecified atom stereocenters. The number of hydrogen-bond donors (Lipinski definition) is 1. The lowest BCUT2D eigenvalue weighted by Crippen LogP contribution is -2.36. The predicted octanol–water partition coefficient (Wildman–Crippen LogP) is 6.36. The number of pyridine rings is 1. The van der Waals surface area contributed by atoms with E-state index in [2.05, 4.69) is 4.98 Å². The zero-order valence-electron chi connectivity index (χ0n) is 22.3. The molecule has 3 aromatic carbocycles. The van der Waals surface area contributed by atoms with Gasteiger partial charge in [0.25, 0.3) is 0 Å². The van der Waals surface area contributed by atoms with Gasteiger partial charge in [-0.15, -0.1) is 0 Å². The third-order valence-corrected chi connectivity index (χ3v) is 7.02. The third kappa shape index (κ3) is 6.34. The van der Waals surface area contributed by atoms with E-state index in [1.807, 2.05) is 65.6 Å². The predicted molar refractivity (Wildman–Crippen MR) is 150 cm³/mol. The first kappa shape index (κ1) is 27.0. The molecule has 0 radical (unpaired) electrons. The molecule has 0 spiro atoms. The molecule has 7 nitrogen and oxygen atoms in total. The molecule has 8 heteroatoms. The number of rotatable bonds is 10. The molecular formula is C32H31FN2O5. The van der Waals surface area contributed by atoms with Crippen molar-refractivity contribution in [1.29, 1.82) is 0 Å². The number of carboxylic acid groups (broad SMARTS) is 1. The molecule has 2 heterocycles. The average Bonchev–Trinajstić information content (AvgIpc) is 3.00. The van der Waals surface area contributed by atoms with Gasteiger partial charge in [-0.05, 0) is 36.1 Å². The molecule has 0 aliphatic carbocycles. The fraction of sp³-hybridized carbons (Fsp3) is 0.250. The maximum absolute atomic E-state index is 15.8. The normalized spacial score (nSPS) is 13.6. The molecular weight excluding hydrogens is 511 g/mol. The maximum atomic E-state index is 15.8. The van der Waals surface area contributed by atoms with Crippen molar-refractivity contribution in [2.24, 2.45) is 5.92 Å². The highest BCUT2D eigenvalue weighted by atomic mass is 19.1. The van der Waals surface area contributed by atoms with Crippen LogP contribution in [0, 0.1) is 11.7 Å². The van der Waals surface area contributed by atoms with Gasteiger partial charge in [-0.1, -0.05) is 60.7 Å². The van der Waals surface area contributed by atoms with Gasteiger partial charge in [0.1, 0.15) is 24.8 Å². The van der Waals surface area contributed by atoms with Crippen molar-refractivity contribution in [3.8, 4) is 28.6 Å². The van der Waals surface area contributed by atoms with Crippen LogP contribution in [0.2, 0.25) is 0 Å². The number of hydrogen-bond acceptors (Lipinski definition) is 6. The summed E-state index contributed by atoms with van der Waals surface area (Å²) >= 11 is 0. The fourth-order valence-electron chi connectivity index (χ4n) is 4.82. The highest BCUT2D eigenvalue weighted by Gasteiger charge is 2.27. The number of halogens is 1. The molecule has 1 fully saturated rings. The quantitative estimate of drug-likeness (QED) is 0.250. The number of piperidine rings is 1. The van der Waals surface area contributed by atoms with E-state index < -0.39 is 11.8 Å². The lowest BCUT2D eigenvalue weighted by atomic mass is 9.96. The number of methoxy groups -OCH3 is 1. The third-order valence-electron chi connectivity index (χ3n) is 7.02. The zero-order chi connectivity index (χ0) is 27.9. The number of carbonyl (C=O) groups is 1. The summed E-state index contributed by atoms with van der Waals surface area (Å²) in [6, 6.07) is 26.1. The van der Waals surface area contributed by atoms with Gasteiger partial charge in [0.05, 0.1) is 24.2 Å². The minimum Gasteiger partial charge on any atom is -0.496 e. The summed E-state index contributed by atoms with van der Waals surface area (Å²) in [6.45, 7) is 1.62. The fourth-order valence-corrected chi connectivity index (χ4v) is 4.82. The number of nitrogens with zero attached hydrogens (tertiary/aromatic N) is 2. The molecule has 5 rings (SSSR count). The van der Waals surface area contributed by atoms with Gasteiger partial charge in [0.15, 0.2) is 0 Å². The van der Waals surface area contributed by atoms with Crippen LogP contribution in [0.3, 0.4) is 0 Å². The molecule has 1 aromatic heterocycles. The summed E-state index contributed by atoms with van der Waals surface area (Å²) < 4.78 is 33.5. The minimum atomic E-state index is -0.787. The van der Waals surface area contributed by atoms with E-state index in [4.69, 9.17) is 14.2 Å². The Balaban J connectivity index is 1.45. The molecule has 4 aromatic rings. The molecule has 0 amide bonds. The standard InChI is InChI=1S/C32H31FN2O5/c1-38-28-19-25(35-16-14-24(15-17-35)32(36)37)18-27(33)30(28)26-12-13-29(39-20-22-8-4-2-5-9-22)34-31(26)40-21-23-10-6-3-7-11-23/h2-13,18-19,24H,14-17,20-21H2,1H3,(H,36,37). The second kappa shape index (κ2) is 12.5. The van der Waals surface area contributed by atoms with Crippen molar-refractivity contribution in [3.05, 3.63) is 102 Å². The summed E-state index contributed by atoms with van der Waals surface area (Å²) in [6.07, 6.45) is 1.01. The smallest absolute Gasteiger partial charge is 0.306 e. The molecule has 1 N–H and O–H groups in total. The van der Waals surface area contributed by atoms with Crippen LogP contribution in [0.1, 0.15) is 24.0 Å². The Kier molecular flexibility index (Phi) is 8.44. The zero-order valence-corrected chi connectivity index (χ0v) is 22.3. The van der Waals surface area contributed by atoms with Gasteiger partial charge in [-0.2, -0.15) is 4.98 Å². The summed E-state index contributed by atoms with van der Waals surface area (Å²) in [7, 11) is 1.49. The van der Waals surface area contributed by atoms with Gasteiger partial charge >= 0.3 is 5.97 Å². The number of aliphatic carboxylic acids is 1. The van der Waals surface area contributed by atoms with E-state index >= 15 is 4.39 Å². The molecule has 40 heavy (non-hydrogen) atoms. The van der Waals surface area contributed by atoms with E-state index in [9.17, 15) is 9.90 Å². The number of aromatic nitrogens is 1. The first-order valence-corrected chi connectivity index (χ1v) is 13.2. The SMILES string of the molecule is COc1cc(N2CCC(C(=O)O)CC2)cc(F)c1-c1ccc(OCc2ccccc2)nc1OCc1ccccc1. The van der Waals surface area contributed by atoms with E-state index in [-0.39, 0.29) is 24.0 Å². The van der Waals surface area contributed by atoms with Crippen LogP contribution in [0.15, 0.2) is 84.9 Å². The Morgan fingerprint density at radius 2 is 1.55 bits per heavy atom. The second-order valence-electron chi connectivity index (χ2n) is 9.66. The maximum Gasteiger partial charge on any atom is 0.306 e. The molecule has 0 atom stereocenters. The number of ether oxygens (including phenoxy) is 3. The Hall–Kier alpha value is -4.59. The Morgan fingerprint density at radius 3 is 2.15 bits per heavy atom. The molecule has 1 aliphatic heterocycles. The summed E-state index contributed by atoms with van der Waals surface area (Å²) in [4.78, 5) is 17.9. The average molecular weight is 543 g/mol. The topological polar surface area (TPSA) is 81.1 Å². The molecule has 206 valence electrons. The Morgan fingerprint density at radius 1 is 0.925 bits per heavy atom. The van der Waals surface area contributed by atoms with E-state index in [0.29, 0.717) is 55.4 Å². The largest absolute Gasteiger partial charge is 0.496 e.